The van der Waals surface area contributed by atoms with Crippen LogP contribution in [-0.2, 0) is 6.18 Å². The van der Waals surface area contributed by atoms with Crippen molar-refractivity contribution >= 4 is 5.91 Å². The molecule has 126 valence electrons. The molecule has 2 atom stereocenters. The van der Waals surface area contributed by atoms with Gasteiger partial charge in [-0.15, -0.1) is 0 Å². The van der Waals surface area contributed by atoms with E-state index < -0.39 is 29.8 Å². The topological polar surface area (TPSA) is 66.3 Å². The molecular formula is C16H14F3N3O2. The second-order valence-electron chi connectivity index (χ2n) is 5.58. The minimum absolute atomic E-state index is 0.0380. The van der Waals surface area contributed by atoms with Gasteiger partial charge < -0.3 is 10.0 Å². The van der Waals surface area contributed by atoms with Crippen molar-refractivity contribution in [2.75, 3.05) is 6.54 Å². The van der Waals surface area contributed by atoms with Gasteiger partial charge in [-0.2, -0.15) is 13.2 Å². The lowest BCUT2D eigenvalue weighted by Crippen LogP contribution is -2.32. The number of alkyl halides is 3. The number of aromatic nitrogens is 2. The van der Waals surface area contributed by atoms with Crippen LogP contribution in [0.3, 0.4) is 0 Å². The third kappa shape index (κ3) is 3.23. The van der Waals surface area contributed by atoms with E-state index in [1.807, 2.05) is 0 Å². The fraction of sp³-hybridized carbons (Fsp3) is 0.312. The molecule has 1 N–H and O–H groups in total. The summed E-state index contributed by atoms with van der Waals surface area (Å²) in [6.45, 7) is 0.0380. The van der Waals surface area contributed by atoms with Crippen LogP contribution in [0.1, 0.15) is 34.1 Å². The van der Waals surface area contributed by atoms with Gasteiger partial charge in [0.05, 0.1) is 23.9 Å². The Morgan fingerprint density at radius 2 is 2.08 bits per heavy atom. The Hall–Kier alpha value is -2.48. The summed E-state index contributed by atoms with van der Waals surface area (Å²) in [5.74, 6) is -0.470. The first kappa shape index (κ1) is 16.4. The molecule has 2 aromatic rings. The van der Waals surface area contributed by atoms with E-state index in [2.05, 4.69) is 9.97 Å². The Morgan fingerprint density at radius 3 is 2.75 bits per heavy atom. The summed E-state index contributed by atoms with van der Waals surface area (Å²) in [5.41, 5.74) is -0.365. The summed E-state index contributed by atoms with van der Waals surface area (Å²) in [6, 6.07) is 4.17. The maximum Gasteiger partial charge on any atom is 0.416 e. The van der Waals surface area contributed by atoms with Crippen LogP contribution in [0.5, 0.6) is 0 Å². The van der Waals surface area contributed by atoms with Crippen LogP contribution in [0, 0.1) is 0 Å². The van der Waals surface area contributed by atoms with Crippen LogP contribution in [0.25, 0.3) is 0 Å². The molecule has 5 nitrogen and oxygen atoms in total. The predicted octanol–water partition coefficient (Wildman–Crippen LogP) is 2.44. The van der Waals surface area contributed by atoms with Gasteiger partial charge >= 0.3 is 6.18 Å². The van der Waals surface area contributed by atoms with Crippen molar-refractivity contribution in [3.8, 4) is 0 Å². The van der Waals surface area contributed by atoms with E-state index in [9.17, 15) is 23.1 Å². The van der Waals surface area contributed by atoms with Gasteiger partial charge in [0, 0.05) is 18.9 Å². The fourth-order valence-electron chi connectivity index (χ4n) is 2.83. The molecule has 0 bridgehead atoms. The smallest absolute Gasteiger partial charge is 0.391 e. The van der Waals surface area contributed by atoms with E-state index in [1.54, 1.807) is 0 Å². The van der Waals surface area contributed by atoms with Crippen molar-refractivity contribution in [3.63, 3.8) is 0 Å². The van der Waals surface area contributed by atoms with Gasteiger partial charge in [-0.3, -0.25) is 9.78 Å². The van der Waals surface area contributed by atoms with Crippen LogP contribution in [0.15, 0.2) is 42.9 Å². The molecule has 1 aromatic carbocycles. The van der Waals surface area contributed by atoms with E-state index in [4.69, 9.17) is 0 Å². The molecule has 0 radical (unpaired) electrons. The molecule has 24 heavy (non-hydrogen) atoms. The van der Waals surface area contributed by atoms with Gasteiger partial charge in [0.2, 0.25) is 0 Å². The van der Waals surface area contributed by atoms with E-state index in [1.165, 1.54) is 35.6 Å². The number of carbonyl (C=O) groups is 1. The van der Waals surface area contributed by atoms with Crippen molar-refractivity contribution in [1.82, 2.24) is 14.9 Å². The number of β-amino-alcohol motifs (C(OH)–C–C–N with tert-alkyl or cyclic N) is 1. The first-order valence-corrected chi connectivity index (χ1v) is 7.28. The summed E-state index contributed by atoms with van der Waals surface area (Å²) in [6.07, 6.45) is -1.03. The predicted molar refractivity (Wildman–Crippen MR) is 77.9 cm³/mol. The Morgan fingerprint density at radius 1 is 1.29 bits per heavy atom. The molecule has 3 rings (SSSR count). The van der Waals surface area contributed by atoms with Crippen molar-refractivity contribution in [3.05, 3.63) is 59.7 Å². The number of amides is 1. The zero-order valence-corrected chi connectivity index (χ0v) is 12.4. The number of rotatable bonds is 2. The number of hydrogen-bond donors (Lipinski definition) is 1. The highest BCUT2D eigenvalue weighted by Crippen LogP contribution is 2.36. The van der Waals surface area contributed by atoms with Gasteiger partial charge in [-0.25, -0.2) is 4.98 Å². The molecule has 1 amide bonds. The molecule has 1 saturated heterocycles. The summed E-state index contributed by atoms with van der Waals surface area (Å²) in [7, 11) is 0. The molecule has 0 spiro atoms. The zero-order chi connectivity index (χ0) is 17.3. The molecule has 0 saturated carbocycles. The van der Waals surface area contributed by atoms with Crippen LogP contribution < -0.4 is 0 Å². The first-order valence-electron chi connectivity index (χ1n) is 7.28. The third-order valence-electron chi connectivity index (χ3n) is 3.92. The highest BCUT2D eigenvalue weighted by molar-refractivity contribution is 5.92. The average molecular weight is 337 g/mol. The average Bonchev–Trinajstić information content (AvgIpc) is 2.96. The number of halogens is 3. The summed E-state index contributed by atoms with van der Waals surface area (Å²) in [5, 5.41) is 9.90. The number of hydrogen-bond acceptors (Lipinski definition) is 4. The quantitative estimate of drug-likeness (QED) is 0.914. The third-order valence-corrected chi connectivity index (χ3v) is 3.92. The van der Waals surface area contributed by atoms with Gasteiger partial charge in [0.25, 0.3) is 5.91 Å². The van der Waals surface area contributed by atoms with E-state index >= 15 is 0 Å². The molecule has 1 aromatic heterocycles. The van der Waals surface area contributed by atoms with Crippen LogP contribution in [-0.4, -0.2) is 38.5 Å². The maximum absolute atomic E-state index is 12.9. The van der Waals surface area contributed by atoms with E-state index in [0.717, 1.165) is 12.1 Å². The van der Waals surface area contributed by atoms with Gasteiger partial charge in [-0.1, -0.05) is 12.1 Å². The van der Waals surface area contributed by atoms with Gasteiger partial charge in [-0.05, 0) is 24.1 Å². The molecule has 0 unspecified atom stereocenters. The lowest BCUT2D eigenvalue weighted by molar-refractivity contribution is -0.137. The molecule has 8 heteroatoms. The zero-order valence-electron chi connectivity index (χ0n) is 12.4. The van der Waals surface area contributed by atoms with E-state index in [0.29, 0.717) is 5.56 Å². The summed E-state index contributed by atoms with van der Waals surface area (Å²) in [4.78, 5) is 21.6. The Kier molecular flexibility index (Phi) is 4.23. The standard InChI is InChI=1S/C16H14F3N3O2/c17-16(18,19)11-3-1-2-10(6-11)14-7-12(23)9-22(14)15(24)13-8-20-4-5-21-13/h1-6,8,12,14,23H,7,9H2/t12-,14+/m1/s1. The van der Waals surface area contributed by atoms with Crippen LogP contribution >= 0.6 is 0 Å². The fourth-order valence-corrected chi connectivity index (χ4v) is 2.83. The lowest BCUT2D eigenvalue weighted by atomic mass is 10.0. The minimum atomic E-state index is -4.47. The van der Waals surface area contributed by atoms with Crippen molar-refractivity contribution in [2.24, 2.45) is 0 Å². The molecule has 1 aliphatic heterocycles. The largest absolute Gasteiger partial charge is 0.416 e. The van der Waals surface area contributed by atoms with Gasteiger partial charge in [0.1, 0.15) is 5.69 Å². The van der Waals surface area contributed by atoms with Gasteiger partial charge in [0.15, 0.2) is 0 Å². The molecule has 2 heterocycles. The lowest BCUT2D eigenvalue weighted by Gasteiger charge is -2.25. The normalized spacial score (nSPS) is 21.1. The number of carbonyl (C=O) groups excluding carboxylic acids is 1. The first-order chi connectivity index (χ1) is 11.4. The molecule has 1 fully saturated rings. The number of nitrogens with zero attached hydrogens (tertiary/aromatic N) is 3. The minimum Gasteiger partial charge on any atom is -0.391 e. The van der Waals surface area contributed by atoms with Crippen LogP contribution in [0.2, 0.25) is 0 Å². The summed E-state index contributed by atoms with van der Waals surface area (Å²) < 4.78 is 38.7. The van der Waals surface area contributed by atoms with Crippen molar-refractivity contribution in [1.29, 1.82) is 0 Å². The Labute approximate surface area is 135 Å². The second-order valence-corrected chi connectivity index (χ2v) is 5.58. The van der Waals surface area contributed by atoms with Crippen molar-refractivity contribution < 1.29 is 23.1 Å². The number of aliphatic hydroxyl groups excluding tert-OH is 1. The molecule has 1 aliphatic rings. The molecule has 0 aliphatic carbocycles. The number of aliphatic hydroxyl groups is 1. The number of likely N-dealkylation sites (tertiary alicyclic amines) is 1. The maximum atomic E-state index is 12.9. The SMILES string of the molecule is O=C(c1cnccn1)N1C[C@H](O)C[C@H]1c1cccc(C(F)(F)F)c1. The summed E-state index contributed by atoms with van der Waals surface area (Å²) >= 11 is 0. The second kappa shape index (κ2) is 6.20. The highest BCUT2D eigenvalue weighted by atomic mass is 19.4. The Balaban J connectivity index is 1.93. The monoisotopic (exact) mass is 337 g/mol. The van der Waals surface area contributed by atoms with Crippen molar-refractivity contribution in [2.45, 2.75) is 24.7 Å². The Bertz CT molecular complexity index is 737. The molecular weight excluding hydrogens is 323 g/mol. The van der Waals surface area contributed by atoms with E-state index in [-0.39, 0.29) is 18.7 Å². The number of benzene rings is 1. The highest BCUT2D eigenvalue weighted by Gasteiger charge is 2.38. The van der Waals surface area contributed by atoms with Crippen LogP contribution in [0.4, 0.5) is 13.2 Å².